The van der Waals surface area contributed by atoms with Crippen molar-refractivity contribution in [1.29, 1.82) is 0 Å². The van der Waals surface area contributed by atoms with Gasteiger partial charge in [-0.25, -0.2) is 9.37 Å². The summed E-state index contributed by atoms with van der Waals surface area (Å²) in [6.45, 7) is 0. The van der Waals surface area contributed by atoms with E-state index in [0.29, 0.717) is 27.7 Å². The number of pyridine rings is 1. The molecule has 3 nitrogen and oxygen atoms in total. The number of hydrogen-bond acceptors (Lipinski definition) is 3. The van der Waals surface area contributed by atoms with Gasteiger partial charge in [0.1, 0.15) is 17.0 Å². The zero-order valence-corrected chi connectivity index (χ0v) is 12.6. The second-order valence-corrected chi connectivity index (χ2v) is 6.15. The highest BCUT2D eigenvalue weighted by molar-refractivity contribution is 7.84. The van der Waals surface area contributed by atoms with Gasteiger partial charge in [0.05, 0.1) is 10.8 Å². The molecular formula is C17H12FNO2S. The molecule has 0 aliphatic carbocycles. The summed E-state index contributed by atoms with van der Waals surface area (Å²) in [5, 5.41) is 0.595. The van der Waals surface area contributed by atoms with E-state index < -0.39 is 16.6 Å². The maximum atomic E-state index is 13.8. The molecule has 0 spiro atoms. The Morgan fingerprint density at radius 1 is 1.09 bits per heavy atom. The number of nitrogens with zero attached hydrogens (tertiary/aromatic N) is 1. The van der Waals surface area contributed by atoms with Gasteiger partial charge in [-0.3, -0.25) is 9.00 Å². The highest BCUT2D eigenvalue weighted by Crippen LogP contribution is 2.30. The molecule has 0 aliphatic heterocycles. The largest absolute Gasteiger partial charge is 0.296 e. The Balaban J connectivity index is 2.36. The summed E-state index contributed by atoms with van der Waals surface area (Å²) in [5.74, 6) is -0.473. The van der Waals surface area contributed by atoms with Crippen LogP contribution in [0, 0.1) is 5.82 Å². The Kier molecular flexibility index (Phi) is 3.81. The van der Waals surface area contributed by atoms with Crippen LogP contribution in [0.3, 0.4) is 0 Å². The van der Waals surface area contributed by atoms with Crippen LogP contribution in [-0.4, -0.2) is 21.7 Å². The van der Waals surface area contributed by atoms with Gasteiger partial charge in [0, 0.05) is 27.7 Å². The number of fused-ring (bicyclic) bond motifs is 1. The van der Waals surface area contributed by atoms with Crippen LogP contribution in [0.25, 0.3) is 22.0 Å². The number of aromatic nitrogens is 1. The summed E-state index contributed by atoms with van der Waals surface area (Å²) in [7, 11) is -1.21. The molecule has 0 N–H and O–H groups in total. The van der Waals surface area contributed by atoms with Crippen molar-refractivity contribution in [2.75, 3.05) is 6.26 Å². The van der Waals surface area contributed by atoms with Gasteiger partial charge in [0.25, 0.3) is 0 Å². The Hall–Kier alpha value is -2.40. The van der Waals surface area contributed by atoms with Gasteiger partial charge in [-0.1, -0.05) is 30.3 Å². The van der Waals surface area contributed by atoms with Crippen LogP contribution in [0.1, 0.15) is 10.5 Å². The molecule has 3 aromatic rings. The van der Waals surface area contributed by atoms with Crippen molar-refractivity contribution < 1.29 is 13.4 Å². The fourth-order valence-electron chi connectivity index (χ4n) is 2.42. The van der Waals surface area contributed by atoms with Crippen molar-refractivity contribution in [3.8, 4) is 11.1 Å². The molecule has 0 saturated heterocycles. The number of halogens is 1. The zero-order chi connectivity index (χ0) is 15.7. The van der Waals surface area contributed by atoms with Crippen LogP contribution >= 0.6 is 0 Å². The molecule has 0 amide bonds. The van der Waals surface area contributed by atoms with Crippen LogP contribution in [0.4, 0.5) is 4.39 Å². The van der Waals surface area contributed by atoms with Crippen molar-refractivity contribution in [3.05, 3.63) is 60.0 Å². The molecule has 3 rings (SSSR count). The van der Waals surface area contributed by atoms with Gasteiger partial charge in [-0.05, 0) is 18.2 Å². The van der Waals surface area contributed by atoms with Gasteiger partial charge in [-0.15, -0.1) is 0 Å². The normalized spacial score (nSPS) is 12.3. The second kappa shape index (κ2) is 5.77. The van der Waals surface area contributed by atoms with E-state index >= 15 is 0 Å². The highest BCUT2D eigenvalue weighted by atomic mass is 32.2. The lowest BCUT2D eigenvalue weighted by Crippen LogP contribution is -1.98. The summed E-state index contributed by atoms with van der Waals surface area (Å²) in [4.78, 5) is 16.1. The monoisotopic (exact) mass is 313 g/mol. The van der Waals surface area contributed by atoms with E-state index in [1.165, 1.54) is 6.07 Å². The van der Waals surface area contributed by atoms with Gasteiger partial charge in [0.2, 0.25) is 0 Å². The van der Waals surface area contributed by atoms with Crippen molar-refractivity contribution in [2.24, 2.45) is 0 Å². The highest BCUT2D eigenvalue weighted by Gasteiger charge is 2.15. The lowest BCUT2D eigenvalue weighted by atomic mass is 10.0. The molecule has 0 bridgehead atoms. The Morgan fingerprint density at radius 2 is 1.86 bits per heavy atom. The maximum Gasteiger partial charge on any atom is 0.169 e. The minimum absolute atomic E-state index is 0.135. The molecule has 2 aromatic carbocycles. The quantitative estimate of drug-likeness (QED) is 0.694. The number of aldehydes is 1. The molecule has 1 atom stereocenters. The van der Waals surface area contributed by atoms with Gasteiger partial charge < -0.3 is 0 Å². The number of carbonyl (C=O) groups excluding carboxylic acids is 1. The molecule has 1 unspecified atom stereocenters. The van der Waals surface area contributed by atoms with E-state index in [1.807, 2.05) is 0 Å². The summed E-state index contributed by atoms with van der Waals surface area (Å²) < 4.78 is 25.7. The van der Waals surface area contributed by atoms with Crippen molar-refractivity contribution in [2.45, 2.75) is 4.90 Å². The molecular weight excluding hydrogens is 301 g/mol. The van der Waals surface area contributed by atoms with E-state index in [9.17, 15) is 13.4 Å². The molecule has 110 valence electrons. The maximum absolute atomic E-state index is 13.8. The van der Waals surface area contributed by atoms with Crippen LogP contribution in [0.2, 0.25) is 0 Å². The number of benzene rings is 2. The van der Waals surface area contributed by atoms with Gasteiger partial charge in [0.15, 0.2) is 6.29 Å². The fourth-order valence-corrected chi connectivity index (χ4v) is 3.18. The first kappa shape index (κ1) is 14.5. The molecule has 5 heteroatoms. The number of rotatable bonds is 3. The standard InChI is InChI=1S/C17H12FNO2S/c1-22(21)16-8-3-2-6-12(16)13-9-11-5-4-7-14(18)17(11)19-15(13)10-20/h2-10H,1H3. The molecule has 0 saturated carbocycles. The third-order valence-corrected chi connectivity index (χ3v) is 4.40. The van der Waals surface area contributed by atoms with Crippen LogP contribution in [0.15, 0.2) is 53.4 Å². The minimum Gasteiger partial charge on any atom is -0.296 e. The van der Waals surface area contributed by atoms with Crippen molar-refractivity contribution in [1.82, 2.24) is 4.98 Å². The molecule has 1 aromatic heterocycles. The predicted molar refractivity (Wildman–Crippen MR) is 84.9 cm³/mol. The number of para-hydroxylation sites is 1. The van der Waals surface area contributed by atoms with Gasteiger partial charge in [-0.2, -0.15) is 0 Å². The summed E-state index contributed by atoms with van der Waals surface area (Å²) in [5.41, 5.74) is 1.52. The van der Waals surface area contributed by atoms with Crippen LogP contribution in [0.5, 0.6) is 0 Å². The Morgan fingerprint density at radius 3 is 2.59 bits per heavy atom. The average Bonchev–Trinajstić information content (AvgIpc) is 2.54. The Labute approximate surface area is 129 Å². The number of hydrogen-bond donors (Lipinski definition) is 0. The number of carbonyl (C=O) groups is 1. The summed E-state index contributed by atoms with van der Waals surface area (Å²) in [6.07, 6.45) is 2.17. The van der Waals surface area contributed by atoms with Crippen LogP contribution < -0.4 is 0 Å². The van der Waals surface area contributed by atoms with Crippen LogP contribution in [-0.2, 0) is 10.8 Å². The smallest absolute Gasteiger partial charge is 0.169 e. The topological polar surface area (TPSA) is 47.0 Å². The second-order valence-electron chi connectivity index (χ2n) is 4.80. The van der Waals surface area contributed by atoms with E-state index in [-0.39, 0.29) is 11.2 Å². The van der Waals surface area contributed by atoms with Crippen molar-refractivity contribution in [3.63, 3.8) is 0 Å². The first-order chi connectivity index (χ1) is 10.6. The summed E-state index contributed by atoms with van der Waals surface area (Å²) in [6, 6.07) is 13.5. The average molecular weight is 313 g/mol. The first-order valence-electron chi connectivity index (χ1n) is 6.59. The van der Waals surface area contributed by atoms with Gasteiger partial charge >= 0.3 is 0 Å². The predicted octanol–water partition coefficient (Wildman–Crippen LogP) is 3.59. The first-order valence-corrected chi connectivity index (χ1v) is 8.15. The van der Waals surface area contributed by atoms with E-state index in [2.05, 4.69) is 4.98 Å². The lowest BCUT2D eigenvalue weighted by molar-refractivity contribution is 0.112. The molecule has 1 heterocycles. The lowest BCUT2D eigenvalue weighted by Gasteiger charge is -2.11. The SMILES string of the molecule is CS(=O)c1ccccc1-c1cc2cccc(F)c2nc1C=O. The molecule has 0 radical (unpaired) electrons. The molecule has 0 fully saturated rings. The molecule has 22 heavy (non-hydrogen) atoms. The zero-order valence-electron chi connectivity index (χ0n) is 11.7. The summed E-state index contributed by atoms with van der Waals surface area (Å²) >= 11 is 0. The third-order valence-electron chi connectivity index (χ3n) is 3.42. The third kappa shape index (κ3) is 2.44. The van der Waals surface area contributed by atoms with Crippen molar-refractivity contribution >= 4 is 28.0 Å². The minimum atomic E-state index is -1.21. The Bertz CT molecular complexity index is 908. The fraction of sp³-hybridized carbons (Fsp3) is 0.0588. The van der Waals surface area contributed by atoms with E-state index in [1.54, 1.807) is 48.7 Å². The van der Waals surface area contributed by atoms with E-state index in [4.69, 9.17) is 0 Å². The molecule has 0 aliphatic rings. The van der Waals surface area contributed by atoms with E-state index in [0.717, 1.165) is 0 Å².